The molecule has 3 aromatic rings. The van der Waals surface area contributed by atoms with Crippen molar-refractivity contribution in [3.05, 3.63) is 46.1 Å². The molecule has 182 valence electrons. The van der Waals surface area contributed by atoms with E-state index in [0.717, 1.165) is 49.8 Å². The summed E-state index contributed by atoms with van der Waals surface area (Å²) in [5, 5.41) is 20.8. The van der Waals surface area contributed by atoms with Crippen LogP contribution in [0.2, 0.25) is 5.02 Å². The molecule has 2 aromatic heterocycles. The molecule has 3 N–H and O–H groups in total. The zero-order valence-electron chi connectivity index (χ0n) is 19.5. The van der Waals surface area contributed by atoms with Crippen LogP contribution in [0, 0.1) is 0 Å². The average Bonchev–Trinajstić information content (AvgIpc) is 3.42. The minimum atomic E-state index is -0.416. The van der Waals surface area contributed by atoms with Crippen molar-refractivity contribution in [1.82, 2.24) is 19.7 Å². The first kappa shape index (κ1) is 24.5. The van der Waals surface area contributed by atoms with Gasteiger partial charge in [0.05, 0.1) is 29.6 Å². The first-order valence-electron chi connectivity index (χ1n) is 11.1. The van der Waals surface area contributed by atoms with Gasteiger partial charge >= 0.3 is 6.03 Å². The molecule has 0 bridgehead atoms. The molecule has 9 nitrogen and oxygen atoms in total. The van der Waals surface area contributed by atoms with Crippen LogP contribution < -0.4 is 10.6 Å². The molecule has 1 aliphatic rings. The summed E-state index contributed by atoms with van der Waals surface area (Å²) in [6.45, 7) is 10.5. The van der Waals surface area contributed by atoms with Crippen LogP contribution in [0.15, 0.2) is 30.5 Å². The normalized spacial score (nSPS) is 14.8. The van der Waals surface area contributed by atoms with Crippen LogP contribution in [-0.4, -0.2) is 63.7 Å². The Morgan fingerprint density at radius 2 is 2.00 bits per heavy atom. The van der Waals surface area contributed by atoms with Crippen molar-refractivity contribution >= 4 is 39.9 Å². The van der Waals surface area contributed by atoms with E-state index in [2.05, 4.69) is 25.6 Å². The zero-order valence-corrected chi connectivity index (χ0v) is 21.0. The molecule has 0 saturated carbocycles. The van der Waals surface area contributed by atoms with Crippen molar-refractivity contribution in [3.8, 4) is 11.4 Å². The Balaban J connectivity index is 1.44. The van der Waals surface area contributed by atoms with Crippen molar-refractivity contribution in [2.45, 2.75) is 32.6 Å². The highest BCUT2D eigenvalue weighted by atomic mass is 35.5. The number of benzene rings is 1. The topological polar surface area (TPSA) is 105 Å². The Morgan fingerprint density at radius 1 is 1.24 bits per heavy atom. The Bertz CT molecular complexity index is 1150. The molecule has 2 amide bonds. The van der Waals surface area contributed by atoms with E-state index in [1.54, 1.807) is 23.0 Å². The van der Waals surface area contributed by atoms with E-state index in [4.69, 9.17) is 16.3 Å². The molecule has 0 radical (unpaired) electrons. The van der Waals surface area contributed by atoms with Gasteiger partial charge in [-0.15, -0.1) is 11.3 Å². The number of carbonyl (C=O) groups excluding carboxylic acids is 1. The second-order valence-corrected chi connectivity index (χ2v) is 10.6. The van der Waals surface area contributed by atoms with Gasteiger partial charge in [-0.25, -0.2) is 14.5 Å². The predicted molar refractivity (Wildman–Crippen MR) is 135 cm³/mol. The van der Waals surface area contributed by atoms with Crippen molar-refractivity contribution in [1.29, 1.82) is 0 Å². The number of thiazole rings is 1. The molecule has 0 spiro atoms. The van der Waals surface area contributed by atoms with Gasteiger partial charge < -0.3 is 9.84 Å². The van der Waals surface area contributed by atoms with Crippen molar-refractivity contribution in [2.24, 2.45) is 0 Å². The van der Waals surface area contributed by atoms with Gasteiger partial charge in [0.1, 0.15) is 11.6 Å². The van der Waals surface area contributed by atoms with Crippen LogP contribution in [0.1, 0.15) is 31.3 Å². The fraction of sp³-hybridized carbons (Fsp3) is 0.435. The highest BCUT2D eigenvalue weighted by Gasteiger charge is 2.22. The van der Waals surface area contributed by atoms with E-state index < -0.39 is 6.03 Å². The number of carbonyl (C=O) groups is 1. The van der Waals surface area contributed by atoms with Crippen LogP contribution in [-0.2, 0) is 16.6 Å². The van der Waals surface area contributed by atoms with Crippen LogP contribution in [0.3, 0.4) is 0 Å². The van der Waals surface area contributed by atoms with E-state index in [1.165, 1.54) is 17.4 Å². The summed E-state index contributed by atoms with van der Waals surface area (Å²) in [6.07, 6.45) is 2.69. The van der Waals surface area contributed by atoms with Gasteiger partial charge in [0.15, 0.2) is 5.13 Å². The molecule has 4 rings (SSSR count). The molecule has 11 heteroatoms. The number of rotatable bonds is 6. The second-order valence-electron chi connectivity index (χ2n) is 9.13. The third kappa shape index (κ3) is 6.06. The maximum absolute atomic E-state index is 12.8. The molecule has 34 heavy (non-hydrogen) atoms. The lowest BCUT2D eigenvalue weighted by Gasteiger charge is -2.26. The number of hydrogen-bond donors (Lipinski definition) is 3. The molecule has 3 heterocycles. The van der Waals surface area contributed by atoms with Crippen LogP contribution >= 0.6 is 22.9 Å². The quantitative estimate of drug-likeness (QED) is 0.456. The number of phenols is 1. The second kappa shape index (κ2) is 10.3. The number of anilines is 2. The molecule has 1 aliphatic heterocycles. The molecule has 1 aromatic carbocycles. The van der Waals surface area contributed by atoms with E-state index in [-0.39, 0.29) is 16.2 Å². The van der Waals surface area contributed by atoms with Crippen molar-refractivity contribution in [2.75, 3.05) is 43.5 Å². The summed E-state index contributed by atoms with van der Waals surface area (Å²) in [4.78, 5) is 20.6. The molecule has 0 atom stereocenters. The molecular formula is C23H29ClN6O3S. The highest BCUT2D eigenvalue weighted by Crippen LogP contribution is 2.30. The van der Waals surface area contributed by atoms with Gasteiger partial charge in [-0.05, 0) is 24.6 Å². The van der Waals surface area contributed by atoms with Crippen LogP contribution in [0.5, 0.6) is 5.75 Å². The number of aromatic hydroxyl groups is 1. The summed E-state index contributed by atoms with van der Waals surface area (Å²) < 4.78 is 6.98. The van der Waals surface area contributed by atoms with Gasteiger partial charge in [0.2, 0.25) is 0 Å². The third-order valence-electron chi connectivity index (χ3n) is 5.45. The lowest BCUT2D eigenvalue weighted by Crippen LogP contribution is -2.37. The summed E-state index contributed by atoms with van der Waals surface area (Å²) in [5.41, 5.74) is 1.18. The average molecular weight is 505 g/mol. The summed E-state index contributed by atoms with van der Waals surface area (Å²) in [7, 11) is 0. The number of urea groups is 1. The molecular weight excluding hydrogens is 476 g/mol. The SMILES string of the molecule is CC(C)(C)c1cc(NC(=O)Nc2ncc(CCN3CCOCC3)s2)n(-c2ccc(O)c(Cl)c2)n1. The van der Waals surface area contributed by atoms with Crippen LogP contribution in [0.25, 0.3) is 5.69 Å². The van der Waals surface area contributed by atoms with Crippen molar-refractivity contribution < 1.29 is 14.6 Å². The van der Waals surface area contributed by atoms with Gasteiger partial charge in [0, 0.05) is 42.2 Å². The Kier molecular flexibility index (Phi) is 7.42. The van der Waals surface area contributed by atoms with E-state index in [9.17, 15) is 9.90 Å². The summed E-state index contributed by atoms with van der Waals surface area (Å²) in [5.74, 6) is 0.461. The number of nitrogens with one attached hydrogen (secondary N) is 2. The minimum absolute atomic E-state index is 0.0194. The van der Waals surface area contributed by atoms with E-state index >= 15 is 0 Å². The maximum atomic E-state index is 12.8. The molecule has 0 unspecified atom stereocenters. The fourth-order valence-corrected chi connectivity index (χ4v) is 4.45. The largest absolute Gasteiger partial charge is 0.506 e. The zero-order chi connectivity index (χ0) is 24.3. The number of hydrogen-bond acceptors (Lipinski definition) is 7. The molecule has 1 saturated heterocycles. The number of ether oxygens (including phenoxy) is 1. The molecule has 1 fully saturated rings. The first-order valence-corrected chi connectivity index (χ1v) is 12.3. The maximum Gasteiger partial charge on any atom is 0.326 e. The Morgan fingerprint density at radius 3 is 2.71 bits per heavy atom. The third-order valence-corrected chi connectivity index (χ3v) is 6.72. The van der Waals surface area contributed by atoms with Gasteiger partial charge in [-0.2, -0.15) is 5.10 Å². The van der Waals surface area contributed by atoms with Gasteiger partial charge in [0.25, 0.3) is 0 Å². The number of nitrogens with zero attached hydrogens (tertiary/aromatic N) is 4. The number of aromatic nitrogens is 3. The summed E-state index contributed by atoms with van der Waals surface area (Å²) >= 11 is 7.56. The lowest BCUT2D eigenvalue weighted by atomic mass is 9.92. The fourth-order valence-electron chi connectivity index (χ4n) is 3.48. The number of phenolic OH excluding ortho intramolecular Hbond substituents is 1. The standard InChI is InChI=1S/C23H29ClN6O3S/c1-23(2,3)19-13-20(30(28-19)15-4-5-18(31)17(24)12-15)26-21(32)27-22-25-14-16(34-22)6-7-29-8-10-33-11-9-29/h4-5,12-14,31H,6-11H2,1-3H3,(H2,25,26,27,32). The van der Waals surface area contributed by atoms with E-state index in [0.29, 0.717) is 16.6 Å². The lowest BCUT2D eigenvalue weighted by molar-refractivity contribution is 0.0385. The van der Waals surface area contributed by atoms with E-state index in [1.807, 2.05) is 26.8 Å². The van der Waals surface area contributed by atoms with Crippen molar-refractivity contribution in [3.63, 3.8) is 0 Å². The number of halogens is 1. The number of morpholine rings is 1. The smallest absolute Gasteiger partial charge is 0.326 e. The Labute approximate surface area is 207 Å². The molecule has 0 aliphatic carbocycles. The highest BCUT2D eigenvalue weighted by molar-refractivity contribution is 7.15. The van der Waals surface area contributed by atoms with Crippen LogP contribution in [0.4, 0.5) is 15.7 Å². The van der Waals surface area contributed by atoms with Gasteiger partial charge in [-0.3, -0.25) is 15.5 Å². The van der Waals surface area contributed by atoms with Gasteiger partial charge in [-0.1, -0.05) is 32.4 Å². The monoisotopic (exact) mass is 504 g/mol. The summed E-state index contributed by atoms with van der Waals surface area (Å²) in [6, 6.07) is 6.19. The Hall–Kier alpha value is -2.66. The minimum Gasteiger partial charge on any atom is -0.506 e. The number of amides is 2. The first-order chi connectivity index (χ1) is 16.2. The predicted octanol–water partition coefficient (Wildman–Crippen LogP) is 4.50.